The maximum Gasteiger partial charge on any atom is 0.223 e. The van der Waals surface area contributed by atoms with Crippen molar-refractivity contribution in [1.82, 2.24) is 5.32 Å². The number of rotatable bonds is 7. The molecule has 3 N–H and O–H groups in total. The molecule has 0 fully saturated rings. The van der Waals surface area contributed by atoms with Crippen molar-refractivity contribution in [1.29, 1.82) is 0 Å². The monoisotopic (exact) mass is 286 g/mol. The predicted octanol–water partition coefficient (Wildman–Crippen LogP) is 1.98. The van der Waals surface area contributed by atoms with E-state index in [1.165, 1.54) is 0 Å². The molecule has 0 aliphatic carbocycles. The van der Waals surface area contributed by atoms with Gasteiger partial charge in [0.25, 0.3) is 0 Å². The van der Waals surface area contributed by atoms with Gasteiger partial charge in [-0.2, -0.15) is 0 Å². The lowest BCUT2D eigenvalue weighted by molar-refractivity contribution is -0.125. The summed E-state index contributed by atoms with van der Waals surface area (Å²) in [6.45, 7) is 4.78. The lowest BCUT2D eigenvalue weighted by Gasteiger charge is -2.16. The van der Waals surface area contributed by atoms with Gasteiger partial charge in [0, 0.05) is 18.5 Å². The third-order valence-electron chi connectivity index (χ3n) is 2.75. The standard InChI is InChI=1S/C14H22N2O2.ClH/c1-11(14(17)16-12(2)10-15)8-9-18-13-6-4-3-5-7-13;/h3-7,11-12H,8-10,15H2,1-2H3,(H,16,17);1H/t11?,12-;/m0./s1. The summed E-state index contributed by atoms with van der Waals surface area (Å²) >= 11 is 0. The first-order valence-electron chi connectivity index (χ1n) is 6.31. The maximum atomic E-state index is 11.7. The zero-order chi connectivity index (χ0) is 13.4. The molecule has 1 amide bonds. The van der Waals surface area contributed by atoms with Crippen LogP contribution in [0.3, 0.4) is 0 Å². The van der Waals surface area contributed by atoms with Crippen LogP contribution >= 0.6 is 12.4 Å². The molecular weight excluding hydrogens is 264 g/mol. The zero-order valence-electron chi connectivity index (χ0n) is 11.5. The van der Waals surface area contributed by atoms with Crippen molar-refractivity contribution in [3.63, 3.8) is 0 Å². The first kappa shape index (κ1) is 17.7. The average molecular weight is 287 g/mol. The molecule has 19 heavy (non-hydrogen) atoms. The molecule has 2 atom stereocenters. The topological polar surface area (TPSA) is 64.3 Å². The van der Waals surface area contributed by atoms with Crippen LogP contribution in [0.2, 0.25) is 0 Å². The molecule has 0 aliphatic rings. The third kappa shape index (κ3) is 7.03. The summed E-state index contributed by atoms with van der Waals surface area (Å²) in [5, 5.41) is 2.86. The summed E-state index contributed by atoms with van der Waals surface area (Å²) in [7, 11) is 0. The van der Waals surface area contributed by atoms with Crippen molar-refractivity contribution in [3.8, 4) is 5.75 Å². The zero-order valence-corrected chi connectivity index (χ0v) is 12.3. The van der Waals surface area contributed by atoms with Gasteiger partial charge in [0.1, 0.15) is 5.75 Å². The van der Waals surface area contributed by atoms with Gasteiger partial charge in [0.05, 0.1) is 6.61 Å². The molecule has 0 aromatic heterocycles. The molecule has 0 aliphatic heterocycles. The van der Waals surface area contributed by atoms with E-state index < -0.39 is 0 Å². The maximum absolute atomic E-state index is 11.7. The summed E-state index contributed by atoms with van der Waals surface area (Å²) < 4.78 is 5.55. The van der Waals surface area contributed by atoms with Crippen molar-refractivity contribution >= 4 is 18.3 Å². The Morgan fingerprint density at radius 1 is 1.32 bits per heavy atom. The number of hydrogen-bond donors (Lipinski definition) is 2. The highest BCUT2D eigenvalue weighted by molar-refractivity contribution is 5.85. The number of halogens is 1. The Morgan fingerprint density at radius 2 is 1.95 bits per heavy atom. The van der Waals surface area contributed by atoms with Crippen molar-refractivity contribution in [2.45, 2.75) is 26.3 Å². The van der Waals surface area contributed by atoms with E-state index in [-0.39, 0.29) is 30.3 Å². The van der Waals surface area contributed by atoms with Gasteiger partial charge < -0.3 is 15.8 Å². The van der Waals surface area contributed by atoms with Gasteiger partial charge >= 0.3 is 0 Å². The van der Waals surface area contributed by atoms with Crippen LogP contribution in [-0.2, 0) is 4.79 Å². The van der Waals surface area contributed by atoms with E-state index in [0.717, 1.165) is 5.75 Å². The van der Waals surface area contributed by atoms with E-state index in [1.54, 1.807) is 0 Å². The Labute approximate surface area is 121 Å². The minimum Gasteiger partial charge on any atom is -0.494 e. The largest absolute Gasteiger partial charge is 0.494 e. The number of amides is 1. The van der Waals surface area contributed by atoms with Crippen LogP contribution in [0.5, 0.6) is 5.75 Å². The molecule has 0 saturated heterocycles. The average Bonchev–Trinajstić information content (AvgIpc) is 2.39. The molecule has 1 aromatic rings. The first-order chi connectivity index (χ1) is 8.63. The second-order valence-electron chi connectivity index (χ2n) is 4.50. The second kappa shape index (κ2) is 9.64. The fourth-order valence-corrected chi connectivity index (χ4v) is 1.45. The molecule has 1 aromatic carbocycles. The van der Waals surface area contributed by atoms with E-state index in [2.05, 4.69) is 5.32 Å². The van der Waals surface area contributed by atoms with Crippen LogP contribution < -0.4 is 15.8 Å². The van der Waals surface area contributed by atoms with Gasteiger partial charge in [0.15, 0.2) is 0 Å². The van der Waals surface area contributed by atoms with E-state index in [4.69, 9.17) is 10.5 Å². The molecule has 0 saturated carbocycles. The molecule has 0 bridgehead atoms. The summed E-state index contributed by atoms with van der Waals surface area (Å²) in [5.41, 5.74) is 5.46. The highest BCUT2D eigenvalue weighted by atomic mass is 35.5. The van der Waals surface area contributed by atoms with Crippen molar-refractivity contribution < 1.29 is 9.53 Å². The number of nitrogens with one attached hydrogen (secondary N) is 1. The Kier molecular flexibility index (Phi) is 9.00. The number of carbonyl (C=O) groups excluding carboxylic acids is 1. The lowest BCUT2D eigenvalue weighted by atomic mass is 10.1. The van der Waals surface area contributed by atoms with Gasteiger partial charge in [-0.25, -0.2) is 0 Å². The van der Waals surface area contributed by atoms with E-state index in [9.17, 15) is 4.79 Å². The fraction of sp³-hybridized carbons (Fsp3) is 0.500. The normalized spacial score (nSPS) is 13.0. The van der Waals surface area contributed by atoms with Crippen molar-refractivity contribution in [3.05, 3.63) is 30.3 Å². The Morgan fingerprint density at radius 3 is 2.53 bits per heavy atom. The SMILES string of the molecule is CC(CCOc1ccccc1)C(=O)N[C@@H](C)CN.Cl. The van der Waals surface area contributed by atoms with Crippen LogP contribution in [-0.4, -0.2) is 25.1 Å². The number of ether oxygens (including phenoxy) is 1. The van der Waals surface area contributed by atoms with Crippen LogP contribution in [0.25, 0.3) is 0 Å². The number of hydrogen-bond acceptors (Lipinski definition) is 3. The molecular formula is C14H23ClN2O2. The Balaban J connectivity index is 0.00000324. The third-order valence-corrected chi connectivity index (χ3v) is 2.75. The fourth-order valence-electron chi connectivity index (χ4n) is 1.45. The van der Waals surface area contributed by atoms with Gasteiger partial charge in [-0.05, 0) is 25.5 Å². The summed E-state index contributed by atoms with van der Waals surface area (Å²) in [6, 6.07) is 9.62. The summed E-state index contributed by atoms with van der Waals surface area (Å²) in [5.74, 6) is 0.799. The second-order valence-corrected chi connectivity index (χ2v) is 4.50. The van der Waals surface area contributed by atoms with Gasteiger partial charge in [0.2, 0.25) is 5.91 Å². The molecule has 4 nitrogen and oxygen atoms in total. The van der Waals surface area contributed by atoms with Gasteiger partial charge in [-0.15, -0.1) is 12.4 Å². The quantitative estimate of drug-likeness (QED) is 0.805. The number of benzene rings is 1. The number of para-hydroxylation sites is 1. The highest BCUT2D eigenvalue weighted by Gasteiger charge is 2.14. The van der Waals surface area contributed by atoms with Gasteiger partial charge in [-0.1, -0.05) is 25.1 Å². The molecule has 1 rings (SSSR count). The van der Waals surface area contributed by atoms with E-state index in [1.807, 2.05) is 44.2 Å². The van der Waals surface area contributed by atoms with E-state index in [0.29, 0.717) is 19.6 Å². The van der Waals surface area contributed by atoms with Crippen LogP contribution in [0, 0.1) is 5.92 Å². The van der Waals surface area contributed by atoms with Gasteiger partial charge in [-0.3, -0.25) is 4.79 Å². The molecule has 5 heteroatoms. The van der Waals surface area contributed by atoms with Crippen molar-refractivity contribution in [2.24, 2.45) is 11.7 Å². The van der Waals surface area contributed by atoms with E-state index >= 15 is 0 Å². The highest BCUT2D eigenvalue weighted by Crippen LogP contribution is 2.10. The Hall–Kier alpha value is -1.26. The molecule has 0 heterocycles. The van der Waals surface area contributed by atoms with Crippen LogP contribution in [0.1, 0.15) is 20.3 Å². The molecule has 1 unspecified atom stereocenters. The predicted molar refractivity (Wildman–Crippen MR) is 79.6 cm³/mol. The van der Waals surface area contributed by atoms with Crippen LogP contribution in [0.4, 0.5) is 0 Å². The molecule has 0 radical (unpaired) electrons. The molecule has 108 valence electrons. The number of nitrogens with two attached hydrogens (primary N) is 1. The summed E-state index contributed by atoms with van der Waals surface area (Å²) in [6.07, 6.45) is 0.692. The minimum atomic E-state index is -0.0669. The summed E-state index contributed by atoms with van der Waals surface area (Å²) in [4.78, 5) is 11.7. The lowest BCUT2D eigenvalue weighted by Crippen LogP contribution is -2.40. The first-order valence-corrected chi connectivity index (χ1v) is 6.31. The Bertz CT molecular complexity index is 360. The van der Waals surface area contributed by atoms with Crippen LogP contribution in [0.15, 0.2) is 30.3 Å². The smallest absolute Gasteiger partial charge is 0.223 e. The van der Waals surface area contributed by atoms with Crippen molar-refractivity contribution in [2.75, 3.05) is 13.2 Å². The number of carbonyl (C=O) groups is 1. The minimum absolute atomic E-state index is 0. The molecule has 0 spiro atoms.